The Kier molecular flexibility index (Phi) is 10.3. The number of hydrogen-bond donors (Lipinski definition) is 0. The highest BCUT2D eigenvalue weighted by Gasteiger charge is 2.49. The Morgan fingerprint density at radius 1 is 0.833 bits per heavy atom. The minimum Gasteiger partial charge on any atom is -0.460 e. The molecule has 2 rings (SSSR count). The lowest BCUT2D eigenvalue weighted by molar-refractivity contribution is -0.156. The van der Waals surface area contributed by atoms with E-state index in [-0.39, 0.29) is 17.0 Å². The molecule has 0 aromatic heterocycles. The molecule has 5 nitrogen and oxygen atoms in total. The molecule has 0 unspecified atom stereocenters. The average Bonchev–Trinajstić information content (AvgIpc) is 2.78. The Morgan fingerprint density at radius 2 is 1.33 bits per heavy atom. The van der Waals surface area contributed by atoms with E-state index in [0.29, 0.717) is 19.4 Å². The van der Waals surface area contributed by atoms with Gasteiger partial charge in [-0.15, -0.1) is 0 Å². The van der Waals surface area contributed by atoms with Gasteiger partial charge in [-0.25, -0.2) is 0 Å². The molecular formula is C30H42O5Si. The average molecular weight is 511 g/mol. The zero-order chi connectivity index (χ0) is 27.0. The molecule has 0 N–H and O–H groups in total. The number of carbonyl (C=O) groups excluding carboxylic acids is 2. The summed E-state index contributed by atoms with van der Waals surface area (Å²) in [5.41, 5.74) is 0.275. The minimum absolute atomic E-state index is 0.124. The summed E-state index contributed by atoms with van der Waals surface area (Å²) < 4.78 is 18.0. The van der Waals surface area contributed by atoms with Gasteiger partial charge in [-0.3, -0.25) is 9.59 Å². The molecule has 0 aliphatic rings. The SMILES string of the molecule is CC(=O)O[C@@H](CCC(C)(C)OC(C)=O)/C(C)=C/CO[Si](c1ccccc1)(c1ccccc1)C(C)(C)C. The van der Waals surface area contributed by atoms with Crippen LogP contribution in [0.15, 0.2) is 72.3 Å². The zero-order valence-electron chi connectivity index (χ0n) is 23.1. The third kappa shape index (κ3) is 7.90. The van der Waals surface area contributed by atoms with Crippen LogP contribution in [-0.2, 0) is 23.5 Å². The van der Waals surface area contributed by atoms with E-state index in [4.69, 9.17) is 13.9 Å². The molecule has 0 aliphatic heterocycles. The van der Waals surface area contributed by atoms with Gasteiger partial charge in [-0.2, -0.15) is 0 Å². The monoisotopic (exact) mass is 510 g/mol. The van der Waals surface area contributed by atoms with Crippen molar-refractivity contribution in [2.45, 2.75) is 85.0 Å². The first-order chi connectivity index (χ1) is 16.8. The topological polar surface area (TPSA) is 61.8 Å². The van der Waals surface area contributed by atoms with Crippen LogP contribution in [0.25, 0.3) is 0 Å². The van der Waals surface area contributed by atoms with E-state index in [0.717, 1.165) is 5.57 Å². The molecule has 1 atom stereocenters. The molecule has 0 heterocycles. The van der Waals surface area contributed by atoms with Crippen LogP contribution in [0.3, 0.4) is 0 Å². The molecule has 6 heteroatoms. The fraction of sp³-hybridized carbons (Fsp3) is 0.467. The van der Waals surface area contributed by atoms with E-state index in [2.05, 4.69) is 69.3 Å². The molecule has 36 heavy (non-hydrogen) atoms. The van der Waals surface area contributed by atoms with Crippen LogP contribution >= 0.6 is 0 Å². The quantitative estimate of drug-likeness (QED) is 0.225. The second-order valence-corrected chi connectivity index (χ2v) is 15.2. The number of hydrogen-bond acceptors (Lipinski definition) is 5. The van der Waals surface area contributed by atoms with Gasteiger partial charge in [0.25, 0.3) is 8.32 Å². The lowest BCUT2D eigenvalue weighted by Gasteiger charge is -2.42. The van der Waals surface area contributed by atoms with Gasteiger partial charge >= 0.3 is 11.9 Å². The molecule has 0 bridgehead atoms. The highest BCUT2D eigenvalue weighted by atomic mass is 28.4. The maximum absolute atomic E-state index is 11.8. The fourth-order valence-electron chi connectivity index (χ4n) is 4.69. The van der Waals surface area contributed by atoms with E-state index in [1.54, 1.807) is 0 Å². The largest absolute Gasteiger partial charge is 0.460 e. The van der Waals surface area contributed by atoms with Crippen LogP contribution in [0.5, 0.6) is 0 Å². The van der Waals surface area contributed by atoms with Crippen molar-refractivity contribution in [1.82, 2.24) is 0 Å². The summed E-state index contributed by atoms with van der Waals surface area (Å²) in [6.45, 7) is 15.6. The Bertz CT molecular complexity index is 983. The van der Waals surface area contributed by atoms with Gasteiger partial charge < -0.3 is 13.9 Å². The number of ether oxygens (including phenoxy) is 2. The number of rotatable bonds is 11. The van der Waals surface area contributed by atoms with Gasteiger partial charge in [0.2, 0.25) is 0 Å². The Balaban J connectivity index is 2.35. The first-order valence-electron chi connectivity index (χ1n) is 12.6. The van der Waals surface area contributed by atoms with E-state index in [1.165, 1.54) is 24.2 Å². The lowest BCUT2D eigenvalue weighted by Crippen LogP contribution is -2.66. The summed E-state index contributed by atoms with van der Waals surface area (Å²) in [6, 6.07) is 21.0. The second-order valence-electron chi connectivity index (χ2n) is 10.9. The third-order valence-electron chi connectivity index (χ3n) is 6.37. The first-order valence-corrected chi connectivity index (χ1v) is 14.5. The van der Waals surface area contributed by atoms with E-state index < -0.39 is 20.0 Å². The molecule has 0 fully saturated rings. The van der Waals surface area contributed by atoms with Crippen molar-refractivity contribution in [3.05, 3.63) is 72.3 Å². The van der Waals surface area contributed by atoms with Crippen molar-refractivity contribution in [3.8, 4) is 0 Å². The molecule has 2 aromatic carbocycles. The fourth-order valence-corrected chi connectivity index (χ4v) is 9.18. The Hall–Kier alpha value is -2.70. The molecule has 0 saturated heterocycles. The van der Waals surface area contributed by atoms with Crippen molar-refractivity contribution in [1.29, 1.82) is 0 Å². The summed E-state index contributed by atoms with van der Waals surface area (Å²) in [4.78, 5) is 23.3. The maximum atomic E-state index is 11.8. The van der Waals surface area contributed by atoms with Crippen LogP contribution in [0.2, 0.25) is 5.04 Å². The number of esters is 2. The van der Waals surface area contributed by atoms with Gasteiger partial charge in [-0.05, 0) is 54.6 Å². The number of benzene rings is 2. The lowest BCUT2D eigenvalue weighted by atomic mass is 9.96. The van der Waals surface area contributed by atoms with Crippen molar-refractivity contribution >= 4 is 30.6 Å². The standard InChI is InChI=1S/C30H42O5Si/c1-23(28(34-24(2)31)19-21-30(7,8)35-25(3)32)20-22-33-36(29(4,5)6,26-15-11-9-12-16-26)27-17-13-10-14-18-27/h9-18,20,28H,19,21-22H2,1-8H3/b23-20+/t28-/m0/s1. The van der Waals surface area contributed by atoms with Gasteiger partial charge in [0, 0.05) is 13.8 Å². The number of carbonyl (C=O) groups is 2. The summed E-state index contributed by atoms with van der Waals surface area (Å²) >= 11 is 0. The minimum atomic E-state index is -2.66. The van der Waals surface area contributed by atoms with Crippen molar-refractivity contribution in [2.24, 2.45) is 0 Å². The zero-order valence-corrected chi connectivity index (χ0v) is 24.1. The highest BCUT2D eigenvalue weighted by Crippen LogP contribution is 2.36. The summed E-state index contributed by atoms with van der Waals surface area (Å²) in [7, 11) is -2.66. The predicted molar refractivity (Wildman–Crippen MR) is 148 cm³/mol. The molecule has 0 radical (unpaired) electrons. The van der Waals surface area contributed by atoms with Crippen LogP contribution < -0.4 is 10.4 Å². The molecule has 2 aromatic rings. The van der Waals surface area contributed by atoms with Crippen LogP contribution in [-0.4, -0.2) is 38.6 Å². The van der Waals surface area contributed by atoms with Gasteiger partial charge in [0.05, 0.1) is 6.61 Å². The van der Waals surface area contributed by atoms with Crippen molar-refractivity contribution in [3.63, 3.8) is 0 Å². The van der Waals surface area contributed by atoms with Gasteiger partial charge in [0.15, 0.2) is 0 Å². The molecule has 0 aliphatic carbocycles. The molecule has 0 spiro atoms. The summed E-state index contributed by atoms with van der Waals surface area (Å²) in [5.74, 6) is -0.666. The van der Waals surface area contributed by atoms with E-state index in [9.17, 15) is 9.59 Å². The molecule has 196 valence electrons. The van der Waals surface area contributed by atoms with Crippen LogP contribution in [0, 0.1) is 0 Å². The normalized spacial score (nSPS) is 13.7. The maximum Gasteiger partial charge on any atom is 0.303 e. The van der Waals surface area contributed by atoms with Crippen LogP contribution in [0.1, 0.15) is 68.2 Å². The molecule has 0 amide bonds. The summed E-state index contributed by atoms with van der Waals surface area (Å²) in [6.07, 6.45) is 2.71. The van der Waals surface area contributed by atoms with E-state index in [1.807, 2.05) is 39.0 Å². The van der Waals surface area contributed by atoms with Gasteiger partial charge in [0.1, 0.15) is 11.7 Å². The van der Waals surface area contributed by atoms with Gasteiger partial charge in [-0.1, -0.05) is 87.5 Å². The summed E-state index contributed by atoms with van der Waals surface area (Å²) in [5, 5.41) is 2.31. The van der Waals surface area contributed by atoms with Crippen molar-refractivity contribution in [2.75, 3.05) is 6.61 Å². The highest BCUT2D eigenvalue weighted by molar-refractivity contribution is 6.99. The smallest absolute Gasteiger partial charge is 0.303 e. The second kappa shape index (κ2) is 12.5. The van der Waals surface area contributed by atoms with Crippen LogP contribution in [0.4, 0.5) is 0 Å². The predicted octanol–water partition coefficient (Wildman–Crippen LogP) is 5.56. The molecule has 0 saturated carbocycles. The van der Waals surface area contributed by atoms with E-state index >= 15 is 0 Å². The molecular weight excluding hydrogens is 468 g/mol. The van der Waals surface area contributed by atoms with Crippen molar-refractivity contribution < 1.29 is 23.5 Å². The Morgan fingerprint density at radius 3 is 1.75 bits per heavy atom. The first kappa shape index (κ1) is 29.5. The Labute approximate surface area is 218 Å². The third-order valence-corrected chi connectivity index (χ3v) is 11.4.